The van der Waals surface area contributed by atoms with E-state index < -0.39 is 0 Å². The zero-order valence-corrected chi connectivity index (χ0v) is 21.7. The summed E-state index contributed by atoms with van der Waals surface area (Å²) in [5.74, 6) is 3.24. The van der Waals surface area contributed by atoms with Crippen LogP contribution in [0, 0.1) is 0 Å². The largest absolute Gasteiger partial charge is 0.497 e. The van der Waals surface area contributed by atoms with E-state index in [0.717, 1.165) is 40.9 Å². The van der Waals surface area contributed by atoms with Crippen LogP contribution in [0.1, 0.15) is 11.1 Å². The topological polar surface area (TPSA) is 58.6 Å². The molecule has 31 heavy (non-hydrogen) atoms. The molecular weight excluding hydrogens is 507 g/mol. The fourth-order valence-corrected chi connectivity index (χ4v) is 2.97. The van der Waals surface area contributed by atoms with Gasteiger partial charge in [-0.1, -0.05) is 12.1 Å². The summed E-state index contributed by atoms with van der Waals surface area (Å²) in [7, 11) is 11.2. The molecule has 2 aromatic carbocycles. The molecular formula is C23H35IN4O3. The van der Waals surface area contributed by atoms with Crippen molar-refractivity contribution in [3.8, 4) is 17.2 Å². The van der Waals surface area contributed by atoms with Gasteiger partial charge in [-0.05, 0) is 43.9 Å². The van der Waals surface area contributed by atoms with E-state index in [1.807, 2.05) is 51.5 Å². The van der Waals surface area contributed by atoms with Crippen molar-refractivity contribution in [2.24, 2.45) is 4.99 Å². The Kier molecular flexibility index (Phi) is 12.1. The van der Waals surface area contributed by atoms with E-state index in [0.29, 0.717) is 19.7 Å². The summed E-state index contributed by atoms with van der Waals surface area (Å²) in [6.07, 6.45) is 0. The average molecular weight is 542 g/mol. The minimum atomic E-state index is 0. The molecule has 1 N–H and O–H groups in total. The van der Waals surface area contributed by atoms with Crippen molar-refractivity contribution in [1.29, 1.82) is 0 Å². The normalized spacial score (nSPS) is 11.0. The van der Waals surface area contributed by atoms with Gasteiger partial charge in [-0.15, -0.1) is 24.0 Å². The Hall–Kier alpha value is -2.20. The minimum absolute atomic E-state index is 0. The molecule has 0 radical (unpaired) electrons. The fraction of sp³-hybridized carbons (Fsp3) is 0.435. The summed E-state index contributed by atoms with van der Waals surface area (Å²) >= 11 is 0. The van der Waals surface area contributed by atoms with Gasteiger partial charge in [-0.3, -0.25) is 4.99 Å². The minimum Gasteiger partial charge on any atom is -0.497 e. The van der Waals surface area contributed by atoms with E-state index >= 15 is 0 Å². The molecule has 0 bridgehead atoms. The van der Waals surface area contributed by atoms with Gasteiger partial charge in [0.25, 0.3) is 0 Å². The van der Waals surface area contributed by atoms with Gasteiger partial charge < -0.3 is 29.3 Å². The highest BCUT2D eigenvalue weighted by Gasteiger charge is 2.11. The molecule has 0 spiro atoms. The van der Waals surface area contributed by atoms with Crippen molar-refractivity contribution in [3.05, 3.63) is 53.6 Å². The highest BCUT2D eigenvalue weighted by atomic mass is 127. The van der Waals surface area contributed by atoms with Crippen molar-refractivity contribution in [2.75, 3.05) is 55.6 Å². The highest BCUT2D eigenvalue weighted by Crippen LogP contribution is 2.25. The molecule has 0 atom stereocenters. The van der Waals surface area contributed by atoms with Crippen LogP contribution in [0.4, 0.5) is 0 Å². The van der Waals surface area contributed by atoms with Gasteiger partial charge in [-0.25, -0.2) is 0 Å². The number of likely N-dealkylation sites (N-methyl/N-ethyl adjacent to an activating group) is 1. The number of rotatable bonds is 10. The molecule has 0 unspecified atom stereocenters. The number of hydrogen-bond donors (Lipinski definition) is 1. The van der Waals surface area contributed by atoms with E-state index in [-0.39, 0.29) is 24.0 Å². The molecule has 8 heteroatoms. The van der Waals surface area contributed by atoms with Crippen LogP contribution in [-0.4, -0.2) is 71.3 Å². The second-order valence-corrected chi connectivity index (χ2v) is 7.23. The summed E-state index contributed by atoms with van der Waals surface area (Å²) in [5, 5.41) is 3.41. The number of ether oxygens (including phenoxy) is 3. The number of guanidine groups is 1. The van der Waals surface area contributed by atoms with Gasteiger partial charge in [0.1, 0.15) is 23.9 Å². The number of hydrogen-bond acceptors (Lipinski definition) is 5. The molecule has 0 aliphatic rings. The van der Waals surface area contributed by atoms with E-state index in [1.165, 1.54) is 0 Å². The maximum atomic E-state index is 5.83. The second-order valence-electron chi connectivity index (χ2n) is 7.23. The summed E-state index contributed by atoms with van der Waals surface area (Å²) in [5.41, 5.74) is 2.19. The van der Waals surface area contributed by atoms with Crippen LogP contribution in [0.15, 0.2) is 47.5 Å². The fourth-order valence-electron chi connectivity index (χ4n) is 2.97. The van der Waals surface area contributed by atoms with Crippen LogP contribution in [0.5, 0.6) is 17.2 Å². The zero-order valence-electron chi connectivity index (χ0n) is 19.3. The molecule has 0 amide bonds. The Morgan fingerprint density at radius 2 is 1.77 bits per heavy atom. The summed E-state index contributed by atoms with van der Waals surface area (Å²) in [6, 6.07) is 14.0. The Labute approximate surface area is 203 Å². The standard InChI is InChI=1S/C23H34N4O3.HI/c1-24-23(27(4)17-19-10-11-20(28-5)15-22(19)29-6)25-16-18-8-7-9-21(14-18)30-13-12-26(2)3;/h7-11,14-15H,12-13,16-17H2,1-6H3,(H,24,25);1H. The lowest BCUT2D eigenvalue weighted by molar-refractivity contribution is 0.261. The van der Waals surface area contributed by atoms with E-state index in [2.05, 4.69) is 32.2 Å². The third kappa shape index (κ3) is 8.82. The molecule has 7 nitrogen and oxygen atoms in total. The van der Waals surface area contributed by atoms with E-state index in [1.54, 1.807) is 21.3 Å². The van der Waals surface area contributed by atoms with Crippen LogP contribution in [0.2, 0.25) is 0 Å². The van der Waals surface area contributed by atoms with Crippen LogP contribution < -0.4 is 19.5 Å². The van der Waals surface area contributed by atoms with Gasteiger partial charge >= 0.3 is 0 Å². The van der Waals surface area contributed by atoms with E-state index in [4.69, 9.17) is 14.2 Å². The third-order valence-electron chi connectivity index (χ3n) is 4.63. The lowest BCUT2D eigenvalue weighted by Crippen LogP contribution is -2.38. The molecule has 2 aromatic rings. The zero-order chi connectivity index (χ0) is 21.9. The maximum Gasteiger partial charge on any atom is 0.193 e. The van der Waals surface area contributed by atoms with Gasteiger partial charge in [0.05, 0.1) is 14.2 Å². The summed E-state index contributed by atoms with van der Waals surface area (Å²) in [4.78, 5) is 8.57. The molecule has 2 rings (SSSR count). The summed E-state index contributed by atoms with van der Waals surface area (Å²) in [6.45, 7) is 2.86. The van der Waals surface area contributed by atoms with Gasteiger partial charge in [0.2, 0.25) is 0 Å². The van der Waals surface area contributed by atoms with Gasteiger partial charge in [-0.2, -0.15) is 0 Å². The molecule has 0 saturated heterocycles. The number of nitrogens with zero attached hydrogens (tertiary/aromatic N) is 3. The van der Waals surface area contributed by atoms with Crippen LogP contribution in [0.25, 0.3) is 0 Å². The van der Waals surface area contributed by atoms with Crippen LogP contribution in [0.3, 0.4) is 0 Å². The molecule has 0 aliphatic heterocycles. The first-order valence-corrected chi connectivity index (χ1v) is 9.96. The Bertz CT molecular complexity index is 830. The van der Waals surface area contributed by atoms with Crippen LogP contribution in [-0.2, 0) is 13.1 Å². The Morgan fingerprint density at radius 1 is 1.00 bits per heavy atom. The number of methoxy groups -OCH3 is 2. The number of benzene rings is 2. The lowest BCUT2D eigenvalue weighted by atomic mass is 10.2. The predicted octanol–water partition coefficient (Wildman–Crippen LogP) is 3.47. The SMILES string of the molecule is CN=C(NCc1cccc(OCCN(C)C)c1)N(C)Cc1ccc(OC)cc1OC.I. The van der Waals surface area contributed by atoms with E-state index in [9.17, 15) is 0 Å². The first kappa shape index (κ1) is 26.8. The van der Waals surface area contributed by atoms with Crippen molar-refractivity contribution in [2.45, 2.75) is 13.1 Å². The average Bonchev–Trinajstić information content (AvgIpc) is 2.74. The smallest absolute Gasteiger partial charge is 0.193 e. The predicted molar refractivity (Wildman–Crippen MR) is 137 cm³/mol. The molecule has 0 aliphatic carbocycles. The monoisotopic (exact) mass is 542 g/mol. The first-order chi connectivity index (χ1) is 14.5. The molecule has 0 aromatic heterocycles. The van der Waals surface area contributed by atoms with Crippen molar-refractivity contribution >= 4 is 29.9 Å². The Balaban J connectivity index is 0.00000480. The first-order valence-electron chi connectivity index (χ1n) is 9.96. The third-order valence-corrected chi connectivity index (χ3v) is 4.63. The lowest BCUT2D eigenvalue weighted by Gasteiger charge is -2.23. The highest BCUT2D eigenvalue weighted by molar-refractivity contribution is 14.0. The molecule has 172 valence electrons. The van der Waals surface area contributed by atoms with Crippen molar-refractivity contribution in [1.82, 2.24) is 15.1 Å². The molecule has 0 fully saturated rings. The van der Waals surface area contributed by atoms with Gasteiger partial charge in [0.15, 0.2) is 5.96 Å². The Morgan fingerprint density at radius 3 is 2.42 bits per heavy atom. The number of aliphatic imine (C=N–C) groups is 1. The molecule has 0 saturated carbocycles. The number of halogens is 1. The summed E-state index contributed by atoms with van der Waals surface area (Å²) < 4.78 is 16.6. The van der Waals surface area contributed by atoms with Crippen molar-refractivity contribution in [3.63, 3.8) is 0 Å². The van der Waals surface area contributed by atoms with Gasteiger partial charge in [0, 0.05) is 45.4 Å². The molecule has 0 heterocycles. The number of nitrogens with one attached hydrogen (secondary N) is 1. The maximum absolute atomic E-state index is 5.83. The van der Waals surface area contributed by atoms with Crippen molar-refractivity contribution < 1.29 is 14.2 Å². The van der Waals surface area contributed by atoms with Crippen LogP contribution >= 0.6 is 24.0 Å². The quantitative estimate of drug-likeness (QED) is 0.282. The second kappa shape index (κ2) is 14.0.